The number of thioether (sulfide) groups is 1. The molecule has 0 fully saturated rings. The van der Waals surface area contributed by atoms with Crippen molar-refractivity contribution >= 4 is 17.7 Å². The molecule has 0 aromatic heterocycles. The molecular formula is C17H16F3NO2S. The van der Waals surface area contributed by atoms with Gasteiger partial charge >= 0.3 is 6.18 Å². The first-order valence-corrected chi connectivity index (χ1v) is 8.31. The molecule has 7 heteroatoms. The summed E-state index contributed by atoms with van der Waals surface area (Å²) in [5, 5.41) is 12.5. The van der Waals surface area contributed by atoms with Gasteiger partial charge in [0.05, 0.1) is 11.7 Å². The van der Waals surface area contributed by atoms with Crippen LogP contribution in [0.25, 0.3) is 0 Å². The number of aliphatic hydroxyl groups is 1. The predicted octanol–water partition coefficient (Wildman–Crippen LogP) is 3.89. The van der Waals surface area contributed by atoms with E-state index in [-0.39, 0.29) is 12.1 Å². The number of aliphatic hydroxyl groups excluding tert-OH is 1. The van der Waals surface area contributed by atoms with Gasteiger partial charge in [0.2, 0.25) is 0 Å². The Bertz CT molecular complexity index is 702. The summed E-state index contributed by atoms with van der Waals surface area (Å²) in [6.07, 6.45) is -3.51. The molecule has 128 valence electrons. The summed E-state index contributed by atoms with van der Waals surface area (Å²) >= 11 is 1.56. The minimum Gasteiger partial charge on any atom is -0.387 e. The van der Waals surface area contributed by atoms with Crippen LogP contribution in [0.4, 0.5) is 13.2 Å². The summed E-state index contributed by atoms with van der Waals surface area (Å²) in [5.74, 6) is -0.666. The van der Waals surface area contributed by atoms with E-state index in [0.29, 0.717) is 5.56 Å². The molecule has 0 radical (unpaired) electrons. The molecule has 0 aliphatic rings. The molecule has 0 aliphatic heterocycles. The van der Waals surface area contributed by atoms with Crippen LogP contribution in [0.5, 0.6) is 0 Å². The van der Waals surface area contributed by atoms with Crippen molar-refractivity contribution in [1.29, 1.82) is 0 Å². The van der Waals surface area contributed by atoms with Crippen LogP contribution >= 0.6 is 11.8 Å². The van der Waals surface area contributed by atoms with Crippen molar-refractivity contribution in [2.75, 3.05) is 12.8 Å². The number of rotatable bonds is 5. The van der Waals surface area contributed by atoms with Gasteiger partial charge in [-0.3, -0.25) is 4.79 Å². The molecule has 1 atom stereocenters. The van der Waals surface area contributed by atoms with Crippen molar-refractivity contribution in [3.8, 4) is 0 Å². The maximum atomic E-state index is 12.7. The molecule has 0 saturated heterocycles. The fraction of sp³-hybridized carbons (Fsp3) is 0.235. The van der Waals surface area contributed by atoms with Crippen molar-refractivity contribution in [2.45, 2.75) is 17.2 Å². The van der Waals surface area contributed by atoms with E-state index >= 15 is 0 Å². The minimum atomic E-state index is -4.51. The second-order valence-corrected chi connectivity index (χ2v) is 5.96. The molecule has 0 bridgehead atoms. The van der Waals surface area contributed by atoms with Gasteiger partial charge in [0.25, 0.3) is 5.91 Å². The number of hydrogen-bond donors (Lipinski definition) is 2. The zero-order valence-electron chi connectivity index (χ0n) is 12.8. The monoisotopic (exact) mass is 355 g/mol. The summed E-state index contributed by atoms with van der Waals surface area (Å²) < 4.78 is 38.0. The fourth-order valence-corrected chi connectivity index (χ4v) is 2.48. The van der Waals surface area contributed by atoms with E-state index in [2.05, 4.69) is 5.32 Å². The fourth-order valence-electron chi connectivity index (χ4n) is 2.07. The van der Waals surface area contributed by atoms with E-state index in [1.165, 1.54) is 12.1 Å². The summed E-state index contributed by atoms with van der Waals surface area (Å²) in [6, 6.07) is 11.3. The van der Waals surface area contributed by atoms with Crippen molar-refractivity contribution in [2.24, 2.45) is 0 Å². The highest BCUT2D eigenvalue weighted by molar-refractivity contribution is 7.98. The average molecular weight is 355 g/mol. The van der Waals surface area contributed by atoms with Crippen LogP contribution in [0.1, 0.15) is 27.6 Å². The number of carbonyl (C=O) groups is 1. The molecule has 2 N–H and O–H groups in total. The van der Waals surface area contributed by atoms with Crippen LogP contribution in [-0.4, -0.2) is 23.8 Å². The Morgan fingerprint density at radius 2 is 1.88 bits per heavy atom. The maximum absolute atomic E-state index is 12.7. The molecule has 2 aromatic carbocycles. The normalized spacial score (nSPS) is 12.7. The molecule has 2 aromatic rings. The van der Waals surface area contributed by atoms with Gasteiger partial charge in [-0.1, -0.05) is 18.2 Å². The number of amides is 1. The molecule has 24 heavy (non-hydrogen) atoms. The van der Waals surface area contributed by atoms with Gasteiger partial charge in [-0.05, 0) is 42.2 Å². The topological polar surface area (TPSA) is 49.3 Å². The Morgan fingerprint density at radius 3 is 2.46 bits per heavy atom. The smallest absolute Gasteiger partial charge is 0.387 e. The third-order valence-electron chi connectivity index (χ3n) is 3.41. The first-order chi connectivity index (χ1) is 11.3. The Balaban J connectivity index is 1.99. The van der Waals surface area contributed by atoms with E-state index in [4.69, 9.17) is 0 Å². The lowest BCUT2D eigenvalue weighted by Gasteiger charge is -2.13. The number of carbonyl (C=O) groups excluding carboxylic acids is 1. The lowest BCUT2D eigenvalue weighted by Crippen LogP contribution is -2.28. The third kappa shape index (κ3) is 4.75. The molecule has 1 amide bonds. The maximum Gasteiger partial charge on any atom is 0.416 e. The molecule has 0 saturated carbocycles. The Labute approximate surface area is 141 Å². The number of alkyl halides is 3. The van der Waals surface area contributed by atoms with Crippen LogP contribution in [0.2, 0.25) is 0 Å². The van der Waals surface area contributed by atoms with E-state index in [0.717, 1.165) is 17.0 Å². The van der Waals surface area contributed by atoms with E-state index in [9.17, 15) is 23.1 Å². The number of hydrogen-bond acceptors (Lipinski definition) is 3. The lowest BCUT2D eigenvalue weighted by molar-refractivity contribution is -0.137. The van der Waals surface area contributed by atoms with Gasteiger partial charge in [0, 0.05) is 17.0 Å². The van der Waals surface area contributed by atoms with Gasteiger partial charge in [0.1, 0.15) is 0 Å². The van der Waals surface area contributed by atoms with Gasteiger partial charge in [-0.25, -0.2) is 0 Å². The Kier molecular flexibility index (Phi) is 5.90. The standard InChI is InChI=1S/C17H16F3NO2S/c1-24-14-7-5-11(6-8-14)15(22)10-21-16(23)12-3-2-4-13(9-12)17(18,19)20/h2-9,15,22H,10H2,1H3,(H,21,23)/t15-/m0/s1. The Morgan fingerprint density at radius 1 is 1.21 bits per heavy atom. The van der Waals surface area contributed by atoms with Crippen molar-refractivity contribution in [3.05, 3.63) is 65.2 Å². The van der Waals surface area contributed by atoms with Gasteiger partial charge in [0.15, 0.2) is 0 Å². The summed E-state index contributed by atoms with van der Waals surface area (Å²) in [4.78, 5) is 13.0. The number of benzene rings is 2. The molecule has 0 unspecified atom stereocenters. The highest BCUT2D eigenvalue weighted by Gasteiger charge is 2.30. The SMILES string of the molecule is CSc1ccc([C@@H](O)CNC(=O)c2cccc(C(F)(F)F)c2)cc1. The number of halogens is 3. The van der Waals surface area contributed by atoms with E-state index in [1.54, 1.807) is 23.9 Å². The molecule has 2 rings (SSSR count). The zero-order chi connectivity index (χ0) is 17.7. The molecule has 3 nitrogen and oxygen atoms in total. The third-order valence-corrected chi connectivity index (χ3v) is 4.15. The van der Waals surface area contributed by atoms with Gasteiger partial charge in [-0.15, -0.1) is 11.8 Å². The van der Waals surface area contributed by atoms with Crippen molar-refractivity contribution < 1.29 is 23.1 Å². The second kappa shape index (κ2) is 7.72. The first kappa shape index (κ1) is 18.4. The second-order valence-electron chi connectivity index (χ2n) is 5.08. The van der Waals surface area contributed by atoms with Crippen molar-refractivity contribution in [1.82, 2.24) is 5.32 Å². The van der Waals surface area contributed by atoms with Gasteiger partial charge < -0.3 is 10.4 Å². The number of nitrogens with one attached hydrogen (secondary N) is 1. The predicted molar refractivity (Wildman–Crippen MR) is 87.0 cm³/mol. The van der Waals surface area contributed by atoms with Gasteiger partial charge in [-0.2, -0.15) is 13.2 Å². The Hall–Kier alpha value is -1.99. The molecular weight excluding hydrogens is 339 g/mol. The lowest BCUT2D eigenvalue weighted by atomic mass is 10.1. The summed E-state index contributed by atoms with van der Waals surface area (Å²) in [6.45, 7) is -0.0896. The van der Waals surface area contributed by atoms with Crippen LogP contribution in [0.15, 0.2) is 53.4 Å². The molecule has 0 heterocycles. The van der Waals surface area contributed by atoms with Crippen LogP contribution in [-0.2, 0) is 6.18 Å². The van der Waals surface area contributed by atoms with Crippen molar-refractivity contribution in [3.63, 3.8) is 0 Å². The quantitative estimate of drug-likeness (QED) is 0.800. The molecule has 0 spiro atoms. The van der Waals surface area contributed by atoms with Crippen LogP contribution in [0, 0.1) is 0 Å². The summed E-state index contributed by atoms with van der Waals surface area (Å²) in [5.41, 5.74) is -0.366. The largest absolute Gasteiger partial charge is 0.416 e. The van der Waals surface area contributed by atoms with Crippen LogP contribution < -0.4 is 5.32 Å². The van der Waals surface area contributed by atoms with E-state index in [1.807, 2.05) is 18.4 Å². The highest BCUT2D eigenvalue weighted by Crippen LogP contribution is 2.29. The highest BCUT2D eigenvalue weighted by atomic mass is 32.2. The first-order valence-electron chi connectivity index (χ1n) is 7.08. The summed E-state index contributed by atoms with van der Waals surface area (Å²) in [7, 11) is 0. The molecule has 0 aliphatic carbocycles. The average Bonchev–Trinajstić information content (AvgIpc) is 2.58. The zero-order valence-corrected chi connectivity index (χ0v) is 13.6. The van der Waals surface area contributed by atoms with Crippen LogP contribution in [0.3, 0.4) is 0 Å². The minimum absolute atomic E-state index is 0.0896. The van der Waals surface area contributed by atoms with E-state index < -0.39 is 23.8 Å².